The van der Waals surface area contributed by atoms with Gasteiger partial charge in [0.2, 0.25) is 5.91 Å². The average molecular weight is 241 g/mol. The van der Waals surface area contributed by atoms with Gasteiger partial charge in [0.1, 0.15) is 0 Å². The molecule has 1 aliphatic rings. The number of amides is 1. The Balaban J connectivity index is 1.96. The van der Waals surface area contributed by atoms with Crippen molar-refractivity contribution in [1.29, 1.82) is 0 Å². The summed E-state index contributed by atoms with van der Waals surface area (Å²) < 4.78 is 0. The normalized spacial score (nSPS) is 18.6. The molecule has 1 saturated heterocycles. The molecule has 100 valence electrons. The standard InChI is InChI=1S/C13H27N3O/c1-12(2)13(17)14-6-4-5-7-16-10-8-15(3)9-11-16/h12H,4-11H2,1-3H3,(H,14,17). The van der Waals surface area contributed by atoms with E-state index in [0.29, 0.717) is 0 Å². The van der Waals surface area contributed by atoms with Crippen molar-refractivity contribution in [3.05, 3.63) is 0 Å². The molecule has 0 aromatic carbocycles. The van der Waals surface area contributed by atoms with E-state index in [0.717, 1.165) is 13.0 Å². The molecule has 0 aromatic rings. The number of nitrogens with zero attached hydrogens (tertiary/aromatic N) is 2. The molecule has 0 saturated carbocycles. The highest BCUT2D eigenvalue weighted by Crippen LogP contribution is 2.01. The molecule has 0 atom stereocenters. The molecule has 1 heterocycles. The number of nitrogens with one attached hydrogen (secondary N) is 1. The van der Waals surface area contributed by atoms with Gasteiger partial charge in [-0.15, -0.1) is 0 Å². The lowest BCUT2D eigenvalue weighted by molar-refractivity contribution is -0.123. The zero-order chi connectivity index (χ0) is 12.7. The van der Waals surface area contributed by atoms with Crippen LogP contribution in [0, 0.1) is 5.92 Å². The molecule has 0 unspecified atom stereocenters. The Morgan fingerprint density at radius 2 is 1.82 bits per heavy atom. The van der Waals surface area contributed by atoms with E-state index in [4.69, 9.17) is 0 Å². The van der Waals surface area contributed by atoms with Crippen LogP contribution in [0.4, 0.5) is 0 Å². The topological polar surface area (TPSA) is 35.6 Å². The molecule has 0 spiro atoms. The maximum Gasteiger partial charge on any atom is 0.222 e. The minimum atomic E-state index is 0.104. The Bertz CT molecular complexity index is 223. The van der Waals surface area contributed by atoms with Gasteiger partial charge in [-0.05, 0) is 26.4 Å². The van der Waals surface area contributed by atoms with Crippen LogP contribution in [-0.2, 0) is 4.79 Å². The van der Waals surface area contributed by atoms with E-state index in [-0.39, 0.29) is 11.8 Å². The van der Waals surface area contributed by atoms with Crippen molar-refractivity contribution in [3.8, 4) is 0 Å². The molecule has 1 amide bonds. The zero-order valence-corrected chi connectivity index (χ0v) is 11.5. The van der Waals surface area contributed by atoms with E-state index in [1.165, 1.54) is 39.1 Å². The molecule has 0 aliphatic carbocycles. The first-order chi connectivity index (χ1) is 8.09. The molecule has 4 heteroatoms. The van der Waals surface area contributed by atoms with Crippen LogP contribution in [0.25, 0.3) is 0 Å². The lowest BCUT2D eigenvalue weighted by Crippen LogP contribution is -2.44. The van der Waals surface area contributed by atoms with Crippen molar-refractivity contribution in [2.75, 3.05) is 46.3 Å². The number of unbranched alkanes of at least 4 members (excludes halogenated alkanes) is 1. The van der Waals surface area contributed by atoms with Crippen LogP contribution in [0.3, 0.4) is 0 Å². The molecule has 4 nitrogen and oxygen atoms in total. The highest BCUT2D eigenvalue weighted by molar-refractivity contribution is 5.77. The molecular formula is C13H27N3O. The van der Waals surface area contributed by atoms with Gasteiger partial charge in [0.15, 0.2) is 0 Å². The number of rotatable bonds is 6. The molecule has 1 aliphatic heterocycles. The van der Waals surface area contributed by atoms with Gasteiger partial charge in [0, 0.05) is 38.6 Å². The van der Waals surface area contributed by atoms with Crippen LogP contribution in [0.2, 0.25) is 0 Å². The van der Waals surface area contributed by atoms with Crippen molar-refractivity contribution in [2.24, 2.45) is 5.92 Å². The predicted octanol–water partition coefficient (Wildman–Crippen LogP) is 0.786. The predicted molar refractivity (Wildman–Crippen MR) is 71.0 cm³/mol. The largest absolute Gasteiger partial charge is 0.356 e. The van der Waals surface area contributed by atoms with Crippen LogP contribution in [-0.4, -0.2) is 62.0 Å². The number of carbonyl (C=O) groups is 1. The Morgan fingerprint density at radius 3 is 2.41 bits per heavy atom. The maximum atomic E-state index is 11.3. The van der Waals surface area contributed by atoms with Gasteiger partial charge in [-0.3, -0.25) is 4.79 Å². The summed E-state index contributed by atoms with van der Waals surface area (Å²) in [5.74, 6) is 0.275. The van der Waals surface area contributed by atoms with Crippen LogP contribution in [0.15, 0.2) is 0 Å². The first-order valence-corrected chi connectivity index (χ1v) is 6.78. The maximum absolute atomic E-state index is 11.3. The molecule has 0 radical (unpaired) electrons. The highest BCUT2D eigenvalue weighted by atomic mass is 16.1. The summed E-state index contributed by atoms with van der Waals surface area (Å²) in [6, 6.07) is 0. The van der Waals surface area contributed by atoms with E-state index >= 15 is 0 Å². The summed E-state index contributed by atoms with van der Waals surface area (Å²) >= 11 is 0. The second-order valence-electron chi connectivity index (χ2n) is 5.30. The molecule has 1 N–H and O–H groups in total. The van der Waals surface area contributed by atoms with Crippen molar-refractivity contribution in [1.82, 2.24) is 15.1 Å². The average Bonchev–Trinajstić information content (AvgIpc) is 2.30. The van der Waals surface area contributed by atoms with Gasteiger partial charge in [-0.1, -0.05) is 13.8 Å². The Labute approximate surface area is 105 Å². The van der Waals surface area contributed by atoms with E-state index in [9.17, 15) is 4.79 Å². The Hall–Kier alpha value is -0.610. The zero-order valence-electron chi connectivity index (χ0n) is 11.5. The smallest absolute Gasteiger partial charge is 0.222 e. The minimum absolute atomic E-state index is 0.104. The van der Waals surface area contributed by atoms with Crippen LogP contribution >= 0.6 is 0 Å². The summed E-state index contributed by atoms with van der Waals surface area (Å²) in [4.78, 5) is 16.2. The van der Waals surface area contributed by atoms with Crippen molar-refractivity contribution >= 4 is 5.91 Å². The fraction of sp³-hybridized carbons (Fsp3) is 0.923. The molecule has 0 bridgehead atoms. The highest BCUT2D eigenvalue weighted by Gasteiger charge is 2.12. The Morgan fingerprint density at radius 1 is 1.18 bits per heavy atom. The number of hydrogen-bond acceptors (Lipinski definition) is 3. The second-order valence-corrected chi connectivity index (χ2v) is 5.30. The van der Waals surface area contributed by atoms with Gasteiger partial charge in [-0.2, -0.15) is 0 Å². The van der Waals surface area contributed by atoms with Gasteiger partial charge in [0.25, 0.3) is 0 Å². The van der Waals surface area contributed by atoms with E-state index < -0.39 is 0 Å². The summed E-state index contributed by atoms with van der Waals surface area (Å²) in [5, 5.41) is 2.96. The number of carbonyl (C=O) groups excluding carboxylic acids is 1. The van der Waals surface area contributed by atoms with Crippen molar-refractivity contribution in [2.45, 2.75) is 26.7 Å². The minimum Gasteiger partial charge on any atom is -0.356 e. The number of piperazine rings is 1. The van der Waals surface area contributed by atoms with Gasteiger partial charge in [0.05, 0.1) is 0 Å². The van der Waals surface area contributed by atoms with Gasteiger partial charge < -0.3 is 15.1 Å². The third-order valence-corrected chi connectivity index (χ3v) is 3.32. The van der Waals surface area contributed by atoms with Crippen molar-refractivity contribution in [3.63, 3.8) is 0 Å². The van der Waals surface area contributed by atoms with E-state index in [1.807, 2.05) is 13.8 Å². The van der Waals surface area contributed by atoms with Gasteiger partial charge in [-0.25, -0.2) is 0 Å². The van der Waals surface area contributed by atoms with E-state index in [1.54, 1.807) is 0 Å². The Kier molecular flexibility index (Phi) is 6.52. The third kappa shape index (κ3) is 6.03. The fourth-order valence-electron chi connectivity index (χ4n) is 1.95. The monoisotopic (exact) mass is 241 g/mol. The first-order valence-electron chi connectivity index (χ1n) is 6.78. The van der Waals surface area contributed by atoms with Crippen LogP contribution in [0.5, 0.6) is 0 Å². The molecule has 0 aromatic heterocycles. The second kappa shape index (κ2) is 7.67. The summed E-state index contributed by atoms with van der Waals surface area (Å²) in [6.45, 7) is 10.6. The molecule has 1 rings (SSSR count). The lowest BCUT2D eigenvalue weighted by Gasteiger charge is -2.32. The quantitative estimate of drug-likeness (QED) is 0.698. The molecule has 17 heavy (non-hydrogen) atoms. The summed E-state index contributed by atoms with van der Waals surface area (Å²) in [7, 11) is 2.18. The molecule has 1 fully saturated rings. The molecular weight excluding hydrogens is 214 g/mol. The number of hydrogen-bond donors (Lipinski definition) is 1. The number of likely N-dealkylation sites (N-methyl/N-ethyl adjacent to an activating group) is 1. The van der Waals surface area contributed by atoms with Gasteiger partial charge >= 0.3 is 0 Å². The first kappa shape index (κ1) is 14.5. The van der Waals surface area contributed by atoms with Crippen LogP contribution in [0.1, 0.15) is 26.7 Å². The van der Waals surface area contributed by atoms with E-state index in [2.05, 4.69) is 22.2 Å². The fourth-order valence-corrected chi connectivity index (χ4v) is 1.95. The van der Waals surface area contributed by atoms with Crippen LogP contribution < -0.4 is 5.32 Å². The summed E-state index contributed by atoms with van der Waals surface area (Å²) in [5.41, 5.74) is 0. The van der Waals surface area contributed by atoms with Crippen molar-refractivity contribution < 1.29 is 4.79 Å². The lowest BCUT2D eigenvalue weighted by atomic mass is 10.2. The third-order valence-electron chi connectivity index (χ3n) is 3.32. The summed E-state index contributed by atoms with van der Waals surface area (Å²) in [6.07, 6.45) is 2.27. The SMILES string of the molecule is CC(C)C(=O)NCCCCN1CCN(C)CC1.